The van der Waals surface area contributed by atoms with E-state index in [-0.39, 0.29) is 0 Å². The lowest BCUT2D eigenvalue weighted by Crippen LogP contribution is -2.32. The van der Waals surface area contributed by atoms with E-state index in [0.717, 1.165) is 51.7 Å². The Morgan fingerprint density at radius 3 is 2.43 bits per heavy atom. The molecule has 3 nitrogen and oxygen atoms in total. The lowest BCUT2D eigenvalue weighted by Gasteiger charge is -2.19. The molecule has 0 aliphatic rings. The second kappa shape index (κ2) is 9.44. The van der Waals surface area contributed by atoms with Crippen LogP contribution in [0.2, 0.25) is 0 Å². The summed E-state index contributed by atoms with van der Waals surface area (Å²) in [5.74, 6) is 0.737. The molecule has 0 aliphatic heterocycles. The predicted octanol–water partition coefficient (Wildman–Crippen LogP) is 1.33. The maximum Gasteiger partial charge on any atom is 0.0593 e. The number of ether oxygens (including phenoxy) is 1. The summed E-state index contributed by atoms with van der Waals surface area (Å²) in [5, 5.41) is 0. The van der Waals surface area contributed by atoms with E-state index in [9.17, 15) is 0 Å². The molecule has 0 rings (SSSR count). The molecule has 0 atom stereocenters. The minimum atomic E-state index is 0.736. The van der Waals surface area contributed by atoms with Gasteiger partial charge in [-0.3, -0.25) is 0 Å². The topological polar surface area (TPSA) is 38.5 Å². The summed E-state index contributed by atoms with van der Waals surface area (Å²) in [6.45, 7) is 12.1. The minimum absolute atomic E-state index is 0.736. The Hall–Kier alpha value is -0.120. The fourth-order valence-corrected chi connectivity index (χ4v) is 1.23. The van der Waals surface area contributed by atoms with Crippen molar-refractivity contribution in [3.63, 3.8) is 0 Å². The van der Waals surface area contributed by atoms with Gasteiger partial charge in [0.05, 0.1) is 6.61 Å². The number of hydrogen-bond acceptors (Lipinski definition) is 3. The standard InChI is InChI=1S/C11H26N2O/c1-4-13(7-6-12)8-10-14-9-5-11(2)3/h11H,4-10,12H2,1-3H3. The number of hydrogen-bond donors (Lipinski definition) is 1. The molecule has 0 bridgehead atoms. The van der Waals surface area contributed by atoms with Crippen molar-refractivity contribution in [1.29, 1.82) is 0 Å². The van der Waals surface area contributed by atoms with Crippen LogP contribution in [0.3, 0.4) is 0 Å². The fourth-order valence-electron chi connectivity index (χ4n) is 1.23. The zero-order valence-corrected chi connectivity index (χ0v) is 9.96. The average Bonchev–Trinajstić information content (AvgIpc) is 2.15. The molecule has 2 N–H and O–H groups in total. The summed E-state index contributed by atoms with van der Waals surface area (Å²) in [6.07, 6.45) is 1.16. The summed E-state index contributed by atoms with van der Waals surface area (Å²) in [5.41, 5.74) is 5.49. The lowest BCUT2D eigenvalue weighted by atomic mass is 10.1. The molecule has 0 aliphatic carbocycles. The predicted molar refractivity (Wildman–Crippen MR) is 61.4 cm³/mol. The Morgan fingerprint density at radius 1 is 1.21 bits per heavy atom. The van der Waals surface area contributed by atoms with Crippen molar-refractivity contribution in [2.75, 3.05) is 39.4 Å². The van der Waals surface area contributed by atoms with Crippen LogP contribution in [0.4, 0.5) is 0 Å². The SMILES string of the molecule is CCN(CCN)CCOCCC(C)C. The Bertz CT molecular complexity index is 118. The third kappa shape index (κ3) is 8.48. The van der Waals surface area contributed by atoms with Gasteiger partial charge in [-0.15, -0.1) is 0 Å². The summed E-state index contributed by atoms with van der Waals surface area (Å²) in [6, 6.07) is 0. The quantitative estimate of drug-likeness (QED) is 0.573. The van der Waals surface area contributed by atoms with E-state index in [4.69, 9.17) is 10.5 Å². The normalized spacial score (nSPS) is 11.6. The van der Waals surface area contributed by atoms with Crippen LogP contribution in [-0.4, -0.2) is 44.3 Å². The van der Waals surface area contributed by atoms with Crippen LogP contribution in [-0.2, 0) is 4.74 Å². The van der Waals surface area contributed by atoms with Gasteiger partial charge in [0.1, 0.15) is 0 Å². The number of nitrogens with two attached hydrogens (primary N) is 1. The summed E-state index contributed by atoms with van der Waals surface area (Å²) < 4.78 is 5.54. The highest BCUT2D eigenvalue weighted by molar-refractivity contribution is 4.54. The van der Waals surface area contributed by atoms with Crippen LogP contribution >= 0.6 is 0 Å². The molecule has 0 heterocycles. The number of rotatable bonds is 9. The van der Waals surface area contributed by atoms with Gasteiger partial charge in [0.15, 0.2) is 0 Å². The van der Waals surface area contributed by atoms with E-state index >= 15 is 0 Å². The van der Waals surface area contributed by atoms with Gasteiger partial charge in [-0.1, -0.05) is 20.8 Å². The molecule has 14 heavy (non-hydrogen) atoms. The van der Waals surface area contributed by atoms with E-state index < -0.39 is 0 Å². The van der Waals surface area contributed by atoms with E-state index in [1.165, 1.54) is 0 Å². The zero-order valence-electron chi connectivity index (χ0n) is 9.96. The molecule has 0 aromatic rings. The average molecular weight is 202 g/mol. The third-order valence-electron chi connectivity index (χ3n) is 2.28. The first-order chi connectivity index (χ1) is 6.70. The first-order valence-electron chi connectivity index (χ1n) is 5.70. The Labute approximate surface area is 88.6 Å². The molecule has 0 saturated heterocycles. The van der Waals surface area contributed by atoms with Gasteiger partial charge in [-0.25, -0.2) is 0 Å². The number of nitrogens with zero attached hydrogens (tertiary/aromatic N) is 1. The van der Waals surface area contributed by atoms with Crippen molar-refractivity contribution in [1.82, 2.24) is 4.90 Å². The van der Waals surface area contributed by atoms with Gasteiger partial charge in [0.25, 0.3) is 0 Å². The maximum atomic E-state index is 5.54. The van der Waals surface area contributed by atoms with Crippen LogP contribution in [0.5, 0.6) is 0 Å². The highest BCUT2D eigenvalue weighted by Gasteiger charge is 2.00. The third-order valence-corrected chi connectivity index (χ3v) is 2.28. The van der Waals surface area contributed by atoms with E-state index in [0.29, 0.717) is 0 Å². The lowest BCUT2D eigenvalue weighted by molar-refractivity contribution is 0.0984. The smallest absolute Gasteiger partial charge is 0.0593 e. The molecule has 0 saturated carbocycles. The molecular weight excluding hydrogens is 176 g/mol. The van der Waals surface area contributed by atoms with E-state index in [2.05, 4.69) is 25.7 Å². The van der Waals surface area contributed by atoms with Gasteiger partial charge in [-0.05, 0) is 18.9 Å². The van der Waals surface area contributed by atoms with Crippen molar-refractivity contribution in [3.05, 3.63) is 0 Å². The van der Waals surface area contributed by atoms with Gasteiger partial charge in [0.2, 0.25) is 0 Å². The summed E-state index contributed by atoms with van der Waals surface area (Å²) >= 11 is 0. The van der Waals surface area contributed by atoms with E-state index in [1.54, 1.807) is 0 Å². The Morgan fingerprint density at radius 2 is 1.93 bits per heavy atom. The van der Waals surface area contributed by atoms with Crippen molar-refractivity contribution in [2.45, 2.75) is 27.2 Å². The van der Waals surface area contributed by atoms with Crippen LogP contribution in [0.15, 0.2) is 0 Å². The molecule has 0 radical (unpaired) electrons. The van der Waals surface area contributed by atoms with Gasteiger partial charge in [0, 0.05) is 26.2 Å². The molecule has 0 aromatic heterocycles. The zero-order chi connectivity index (χ0) is 10.8. The highest BCUT2D eigenvalue weighted by atomic mass is 16.5. The van der Waals surface area contributed by atoms with Gasteiger partial charge >= 0.3 is 0 Å². The van der Waals surface area contributed by atoms with Crippen LogP contribution in [0, 0.1) is 5.92 Å². The second-order valence-electron chi connectivity index (χ2n) is 4.02. The van der Waals surface area contributed by atoms with Crippen molar-refractivity contribution < 1.29 is 4.74 Å². The second-order valence-corrected chi connectivity index (χ2v) is 4.02. The van der Waals surface area contributed by atoms with Crippen LogP contribution < -0.4 is 5.73 Å². The summed E-state index contributed by atoms with van der Waals surface area (Å²) in [4.78, 5) is 2.31. The first-order valence-corrected chi connectivity index (χ1v) is 5.70. The van der Waals surface area contributed by atoms with Crippen LogP contribution in [0.25, 0.3) is 0 Å². The molecule has 0 fully saturated rings. The first kappa shape index (κ1) is 13.9. The molecule has 3 heteroatoms. The molecule has 0 spiro atoms. The molecule has 86 valence electrons. The van der Waals surface area contributed by atoms with Crippen molar-refractivity contribution in [3.8, 4) is 0 Å². The molecule has 0 unspecified atom stereocenters. The van der Waals surface area contributed by atoms with Crippen molar-refractivity contribution in [2.24, 2.45) is 11.7 Å². The minimum Gasteiger partial charge on any atom is -0.380 e. The highest BCUT2D eigenvalue weighted by Crippen LogP contribution is 1.98. The van der Waals surface area contributed by atoms with Gasteiger partial charge < -0.3 is 15.4 Å². The largest absolute Gasteiger partial charge is 0.380 e. The molecule has 0 amide bonds. The molecule has 0 aromatic carbocycles. The molecular formula is C11H26N2O. The maximum absolute atomic E-state index is 5.54. The monoisotopic (exact) mass is 202 g/mol. The summed E-state index contributed by atoms with van der Waals surface area (Å²) in [7, 11) is 0. The van der Waals surface area contributed by atoms with Gasteiger partial charge in [-0.2, -0.15) is 0 Å². The Balaban J connectivity index is 3.24. The Kier molecular flexibility index (Phi) is 9.35. The number of likely N-dealkylation sites (N-methyl/N-ethyl adjacent to an activating group) is 1. The van der Waals surface area contributed by atoms with Crippen LogP contribution in [0.1, 0.15) is 27.2 Å². The van der Waals surface area contributed by atoms with Crippen molar-refractivity contribution >= 4 is 0 Å². The fraction of sp³-hybridized carbons (Fsp3) is 1.00. The van der Waals surface area contributed by atoms with E-state index in [1.807, 2.05) is 0 Å².